The normalized spacial score (nSPS) is 15.1. The van der Waals surface area contributed by atoms with Gasteiger partial charge in [-0.25, -0.2) is 9.79 Å². The lowest BCUT2D eigenvalue weighted by Gasteiger charge is -2.01. The van der Waals surface area contributed by atoms with Crippen molar-refractivity contribution in [3.8, 4) is 0 Å². The maximum absolute atomic E-state index is 12.0. The highest BCUT2D eigenvalue weighted by molar-refractivity contribution is 6.42. The number of benzene rings is 2. The summed E-state index contributed by atoms with van der Waals surface area (Å²) in [6.07, 6.45) is 1.60. The number of hydrogen-bond donors (Lipinski definition) is 1. The number of nitrogens with one attached hydrogen (secondary N) is 1. The van der Waals surface area contributed by atoms with Gasteiger partial charge >= 0.3 is 5.97 Å². The van der Waals surface area contributed by atoms with E-state index in [4.69, 9.17) is 27.9 Å². The first-order valence-electron chi connectivity index (χ1n) is 7.28. The number of nitrogens with zero attached hydrogens (tertiary/aromatic N) is 1. The molecule has 0 spiro atoms. The van der Waals surface area contributed by atoms with Gasteiger partial charge in [0.15, 0.2) is 5.70 Å². The number of esters is 1. The van der Waals surface area contributed by atoms with Crippen LogP contribution in [0.1, 0.15) is 18.1 Å². The number of carbonyl (C=O) groups excluding carboxylic acids is 2. The third kappa shape index (κ3) is 4.07. The molecule has 0 aliphatic carbocycles. The van der Waals surface area contributed by atoms with E-state index in [-0.39, 0.29) is 17.5 Å². The number of ether oxygens (including phenoxy) is 1. The van der Waals surface area contributed by atoms with Gasteiger partial charge in [-0.05, 0) is 42.0 Å². The van der Waals surface area contributed by atoms with Gasteiger partial charge in [0.05, 0.1) is 10.0 Å². The Morgan fingerprint density at radius 2 is 1.84 bits per heavy atom. The Morgan fingerprint density at radius 3 is 2.48 bits per heavy atom. The molecule has 1 amide bonds. The van der Waals surface area contributed by atoms with E-state index < -0.39 is 5.97 Å². The van der Waals surface area contributed by atoms with Gasteiger partial charge in [0.1, 0.15) is 0 Å². The maximum atomic E-state index is 12.0. The maximum Gasteiger partial charge on any atom is 0.363 e. The highest BCUT2D eigenvalue weighted by Crippen LogP contribution is 2.26. The molecule has 7 heteroatoms. The fourth-order valence-corrected chi connectivity index (χ4v) is 2.48. The molecule has 126 valence electrons. The van der Waals surface area contributed by atoms with E-state index in [9.17, 15) is 9.59 Å². The van der Waals surface area contributed by atoms with E-state index in [2.05, 4.69) is 10.3 Å². The number of carbonyl (C=O) groups is 2. The third-order valence-corrected chi connectivity index (χ3v) is 4.06. The van der Waals surface area contributed by atoms with Crippen LogP contribution in [0.15, 0.2) is 53.2 Å². The number of anilines is 1. The lowest BCUT2D eigenvalue weighted by Crippen LogP contribution is -2.05. The molecule has 2 aromatic carbocycles. The summed E-state index contributed by atoms with van der Waals surface area (Å²) in [5.41, 5.74) is 2.16. The molecular weight excluding hydrogens is 363 g/mol. The summed E-state index contributed by atoms with van der Waals surface area (Å²) in [4.78, 5) is 27.2. The first-order chi connectivity index (χ1) is 11.9. The van der Waals surface area contributed by atoms with Crippen LogP contribution in [-0.4, -0.2) is 17.8 Å². The van der Waals surface area contributed by atoms with Crippen molar-refractivity contribution in [3.63, 3.8) is 0 Å². The summed E-state index contributed by atoms with van der Waals surface area (Å²) in [5.74, 6) is -0.530. The Hall–Kier alpha value is -2.63. The van der Waals surface area contributed by atoms with Crippen LogP contribution < -0.4 is 5.32 Å². The van der Waals surface area contributed by atoms with Gasteiger partial charge < -0.3 is 10.1 Å². The molecule has 5 nitrogen and oxygen atoms in total. The van der Waals surface area contributed by atoms with Gasteiger partial charge in [-0.15, -0.1) is 0 Å². The predicted molar refractivity (Wildman–Crippen MR) is 97.8 cm³/mol. The molecule has 25 heavy (non-hydrogen) atoms. The van der Waals surface area contributed by atoms with E-state index in [0.717, 1.165) is 5.56 Å². The second-order valence-corrected chi connectivity index (χ2v) is 6.08. The minimum absolute atomic E-state index is 0.152. The average molecular weight is 375 g/mol. The van der Waals surface area contributed by atoms with Gasteiger partial charge in [-0.1, -0.05) is 35.3 Å². The fraction of sp³-hybridized carbons (Fsp3) is 0.0556. The average Bonchev–Trinajstić information content (AvgIpc) is 2.92. The van der Waals surface area contributed by atoms with Gasteiger partial charge in [0, 0.05) is 18.2 Å². The second-order valence-electron chi connectivity index (χ2n) is 5.27. The van der Waals surface area contributed by atoms with Crippen LogP contribution in [0.3, 0.4) is 0 Å². The first-order valence-corrected chi connectivity index (χ1v) is 8.03. The molecule has 1 aliphatic rings. The van der Waals surface area contributed by atoms with Crippen LogP contribution in [-0.2, 0) is 14.3 Å². The first kappa shape index (κ1) is 17.2. The molecule has 3 rings (SSSR count). The Morgan fingerprint density at radius 1 is 1.12 bits per heavy atom. The zero-order valence-corrected chi connectivity index (χ0v) is 14.6. The van der Waals surface area contributed by atoms with Crippen molar-refractivity contribution in [2.45, 2.75) is 6.92 Å². The summed E-state index contributed by atoms with van der Waals surface area (Å²) in [5, 5.41) is 3.43. The van der Waals surface area contributed by atoms with Crippen LogP contribution >= 0.6 is 23.2 Å². The van der Waals surface area contributed by atoms with Crippen molar-refractivity contribution in [1.29, 1.82) is 0 Å². The number of hydrogen-bond acceptors (Lipinski definition) is 4. The quantitative estimate of drug-likeness (QED) is 0.643. The van der Waals surface area contributed by atoms with Crippen molar-refractivity contribution in [2.24, 2.45) is 4.99 Å². The number of amides is 1. The summed E-state index contributed by atoms with van der Waals surface area (Å²) in [6, 6.07) is 11.9. The second kappa shape index (κ2) is 7.09. The highest BCUT2D eigenvalue weighted by atomic mass is 35.5. The number of aliphatic imine (C=N–C) groups is 1. The zero-order valence-electron chi connectivity index (χ0n) is 13.0. The molecule has 0 saturated heterocycles. The molecular formula is C18H12Cl2N2O3. The SMILES string of the molecule is CC(=O)Nc1ccc(/C=C2/N=C(c3ccc(Cl)c(Cl)c3)OC2=O)cc1. The molecule has 0 fully saturated rings. The Labute approximate surface area is 153 Å². The van der Waals surface area contributed by atoms with E-state index in [1.54, 1.807) is 48.5 Å². The van der Waals surface area contributed by atoms with Crippen LogP contribution in [0, 0.1) is 0 Å². The minimum Gasteiger partial charge on any atom is -0.402 e. The zero-order chi connectivity index (χ0) is 18.0. The molecule has 0 bridgehead atoms. The Bertz CT molecular complexity index is 918. The summed E-state index contributed by atoms with van der Waals surface area (Å²) >= 11 is 11.9. The molecule has 2 aromatic rings. The standard InChI is InChI=1S/C18H12Cl2N2O3/c1-10(23)21-13-5-2-11(3-6-13)8-16-18(24)25-17(22-16)12-4-7-14(19)15(20)9-12/h2-9H,1H3,(H,21,23)/b16-8+. The number of rotatable bonds is 3. The molecule has 0 saturated carbocycles. The topological polar surface area (TPSA) is 67.8 Å². The summed E-state index contributed by atoms with van der Waals surface area (Å²) < 4.78 is 5.19. The van der Waals surface area contributed by atoms with Gasteiger partial charge in [-0.2, -0.15) is 0 Å². The van der Waals surface area contributed by atoms with Crippen LogP contribution in [0.5, 0.6) is 0 Å². The van der Waals surface area contributed by atoms with Crippen molar-refractivity contribution in [2.75, 3.05) is 5.32 Å². The summed E-state index contributed by atoms with van der Waals surface area (Å²) in [6.45, 7) is 1.43. The molecule has 0 aromatic heterocycles. The molecule has 0 radical (unpaired) electrons. The molecule has 1 heterocycles. The minimum atomic E-state index is -0.549. The fourth-order valence-electron chi connectivity index (χ4n) is 2.19. The predicted octanol–water partition coefficient (Wildman–Crippen LogP) is 4.30. The largest absolute Gasteiger partial charge is 0.402 e. The van der Waals surface area contributed by atoms with Crippen molar-refractivity contribution in [3.05, 3.63) is 69.3 Å². The molecule has 0 unspecified atom stereocenters. The van der Waals surface area contributed by atoms with Gasteiger partial charge in [0.2, 0.25) is 11.8 Å². The van der Waals surface area contributed by atoms with E-state index in [0.29, 0.717) is 21.3 Å². The van der Waals surface area contributed by atoms with E-state index in [1.165, 1.54) is 6.92 Å². The van der Waals surface area contributed by atoms with Gasteiger partial charge in [-0.3, -0.25) is 4.79 Å². The number of cyclic esters (lactones) is 1. The summed E-state index contributed by atoms with van der Waals surface area (Å²) in [7, 11) is 0. The lowest BCUT2D eigenvalue weighted by molar-refractivity contribution is -0.129. The van der Waals surface area contributed by atoms with Crippen LogP contribution in [0.25, 0.3) is 6.08 Å². The lowest BCUT2D eigenvalue weighted by atomic mass is 10.1. The van der Waals surface area contributed by atoms with E-state index >= 15 is 0 Å². The van der Waals surface area contributed by atoms with Crippen LogP contribution in [0.2, 0.25) is 10.0 Å². The Balaban J connectivity index is 1.85. The number of halogens is 2. The van der Waals surface area contributed by atoms with Crippen molar-refractivity contribution < 1.29 is 14.3 Å². The molecule has 1 aliphatic heterocycles. The highest BCUT2D eigenvalue weighted by Gasteiger charge is 2.24. The van der Waals surface area contributed by atoms with Crippen molar-refractivity contribution in [1.82, 2.24) is 0 Å². The Kier molecular flexibility index (Phi) is 4.88. The smallest absolute Gasteiger partial charge is 0.363 e. The monoisotopic (exact) mass is 374 g/mol. The van der Waals surface area contributed by atoms with Crippen LogP contribution in [0.4, 0.5) is 5.69 Å². The molecule has 0 atom stereocenters. The van der Waals surface area contributed by atoms with E-state index in [1.807, 2.05) is 0 Å². The molecule has 1 N–H and O–H groups in total. The van der Waals surface area contributed by atoms with Crippen molar-refractivity contribution >= 4 is 52.7 Å². The van der Waals surface area contributed by atoms with Gasteiger partial charge in [0.25, 0.3) is 0 Å². The third-order valence-electron chi connectivity index (χ3n) is 3.32.